The SMILES string of the molecule is O=C([O-])c1ccc(N=Nc2ccc(C(=O)[O-])cc2)cc1.[Na+].[Na+]. The molecule has 0 aliphatic carbocycles. The summed E-state index contributed by atoms with van der Waals surface area (Å²) in [6, 6.07) is 11.4. The minimum absolute atomic E-state index is 0. The van der Waals surface area contributed by atoms with Crippen LogP contribution in [0.1, 0.15) is 20.7 Å². The van der Waals surface area contributed by atoms with Gasteiger partial charge in [-0.15, -0.1) is 0 Å². The largest absolute Gasteiger partial charge is 1.00 e. The smallest absolute Gasteiger partial charge is 0.545 e. The molecular formula is C14H8N2Na2O4. The minimum Gasteiger partial charge on any atom is -0.545 e. The van der Waals surface area contributed by atoms with Crippen LogP contribution in [-0.2, 0) is 0 Å². The van der Waals surface area contributed by atoms with Gasteiger partial charge in [0, 0.05) is 0 Å². The molecule has 0 heterocycles. The number of hydrogen-bond acceptors (Lipinski definition) is 6. The van der Waals surface area contributed by atoms with Gasteiger partial charge in [-0.3, -0.25) is 0 Å². The first-order chi connectivity index (χ1) is 9.56. The van der Waals surface area contributed by atoms with Crippen molar-refractivity contribution in [3.63, 3.8) is 0 Å². The molecule has 100 valence electrons. The monoisotopic (exact) mass is 314 g/mol. The molecular weight excluding hydrogens is 306 g/mol. The first kappa shape index (κ1) is 21.0. The van der Waals surface area contributed by atoms with Crippen LogP contribution in [0.5, 0.6) is 0 Å². The van der Waals surface area contributed by atoms with E-state index in [0.717, 1.165) is 0 Å². The van der Waals surface area contributed by atoms with Gasteiger partial charge in [0.05, 0.1) is 23.3 Å². The van der Waals surface area contributed by atoms with Crippen molar-refractivity contribution in [2.75, 3.05) is 0 Å². The second kappa shape index (κ2) is 9.89. The number of carbonyl (C=O) groups is 2. The fourth-order valence-electron chi connectivity index (χ4n) is 1.44. The zero-order valence-corrected chi connectivity index (χ0v) is 16.1. The van der Waals surface area contributed by atoms with E-state index in [1.807, 2.05) is 0 Å². The number of hydrogen-bond donors (Lipinski definition) is 0. The number of azo groups is 1. The van der Waals surface area contributed by atoms with E-state index in [9.17, 15) is 19.8 Å². The van der Waals surface area contributed by atoms with Crippen LogP contribution in [0, 0.1) is 0 Å². The van der Waals surface area contributed by atoms with Crippen LogP contribution >= 0.6 is 0 Å². The van der Waals surface area contributed by atoms with Crippen molar-refractivity contribution in [3.05, 3.63) is 59.7 Å². The fourth-order valence-corrected chi connectivity index (χ4v) is 1.44. The van der Waals surface area contributed by atoms with Crippen molar-refractivity contribution in [2.45, 2.75) is 0 Å². The maximum absolute atomic E-state index is 10.6. The number of aromatic carboxylic acids is 2. The van der Waals surface area contributed by atoms with Crippen LogP contribution in [0.3, 0.4) is 0 Å². The van der Waals surface area contributed by atoms with Crippen molar-refractivity contribution in [3.8, 4) is 0 Å². The summed E-state index contributed by atoms with van der Waals surface area (Å²) in [4.78, 5) is 21.1. The van der Waals surface area contributed by atoms with E-state index in [1.165, 1.54) is 48.5 Å². The Bertz CT molecular complexity index is 611. The molecule has 0 atom stereocenters. The van der Waals surface area contributed by atoms with E-state index in [-0.39, 0.29) is 70.2 Å². The predicted molar refractivity (Wildman–Crippen MR) is 65.7 cm³/mol. The van der Waals surface area contributed by atoms with Gasteiger partial charge in [-0.05, 0) is 35.4 Å². The van der Waals surface area contributed by atoms with E-state index in [0.29, 0.717) is 11.4 Å². The Morgan fingerprint density at radius 1 is 0.636 bits per heavy atom. The summed E-state index contributed by atoms with van der Waals surface area (Å²) in [6.07, 6.45) is 0. The maximum atomic E-state index is 10.6. The van der Waals surface area contributed by atoms with Crippen molar-refractivity contribution >= 4 is 23.3 Å². The molecule has 0 unspecified atom stereocenters. The fraction of sp³-hybridized carbons (Fsp3) is 0. The molecule has 6 nitrogen and oxygen atoms in total. The van der Waals surface area contributed by atoms with Crippen molar-refractivity contribution in [1.29, 1.82) is 0 Å². The van der Waals surface area contributed by atoms with Crippen LogP contribution < -0.4 is 69.3 Å². The van der Waals surface area contributed by atoms with Gasteiger partial charge in [0.2, 0.25) is 0 Å². The topological polar surface area (TPSA) is 105 Å². The second-order valence-electron chi connectivity index (χ2n) is 3.87. The third kappa shape index (κ3) is 6.00. The number of rotatable bonds is 4. The Morgan fingerprint density at radius 3 is 1.14 bits per heavy atom. The number of carboxylic acid groups (broad SMARTS) is 2. The quantitative estimate of drug-likeness (QED) is 0.415. The Hall–Kier alpha value is -1.02. The van der Waals surface area contributed by atoms with E-state index in [4.69, 9.17) is 0 Å². The van der Waals surface area contributed by atoms with Gasteiger partial charge in [-0.1, -0.05) is 24.3 Å². The molecule has 0 saturated heterocycles. The van der Waals surface area contributed by atoms with Gasteiger partial charge in [0.15, 0.2) is 0 Å². The Morgan fingerprint density at radius 2 is 0.909 bits per heavy atom. The Balaban J connectivity index is 0.00000220. The van der Waals surface area contributed by atoms with Gasteiger partial charge >= 0.3 is 59.1 Å². The van der Waals surface area contributed by atoms with Gasteiger partial charge < -0.3 is 19.8 Å². The van der Waals surface area contributed by atoms with E-state index in [1.54, 1.807) is 0 Å². The third-order valence-electron chi connectivity index (χ3n) is 2.49. The molecule has 0 spiro atoms. The van der Waals surface area contributed by atoms with Crippen molar-refractivity contribution in [2.24, 2.45) is 10.2 Å². The summed E-state index contributed by atoms with van der Waals surface area (Å²) in [5.74, 6) is -2.52. The molecule has 0 fully saturated rings. The molecule has 0 aliphatic heterocycles. The Kier molecular flexibility index (Phi) is 9.43. The summed E-state index contributed by atoms with van der Waals surface area (Å²) in [7, 11) is 0. The molecule has 0 bridgehead atoms. The molecule has 8 heteroatoms. The van der Waals surface area contributed by atoms with Crippen LogP contribution in [0.2, 0.25) is 0 Å². The molecule has 0 radical (unpaired) electrons. The van der Waals surface area contributed by atoms with E-state index in [2.05, 4.69) is 10.2 Å². The van der Waals surface area contributed by atoms with Gasteiger partial charge in [0.25, 0.3) is 0 Å². The normalized spacial score (nSPS) is 9.64. The minimum atomic E-state index is -1.26. The molecule has 2 rings (SSSR count). The summed E-state index contributed by atoms with van der Waals surface area (Å²) >= 11 is 0. The van der Waals surface area contributed by atoms with E-state index >= 15 is 0 Å². The van der Waals surface area contributed by atoms with Gasteiger partial charge in [-0.25, -0.2) is 0 Å². The number of benzene rings is 2. The van der Waals surface area contributed by atoms with Crippen molar-refractivity contribution < 1.29 is 78.9 Å². The molecule has 2 aromatic rings. The van der Waals surface area contributed by atoms with Crippen molar-refractivity contribution in [1.82, 2.24) is 0 Å². The number of nitrogens with zero attached hydrogens (tertiary/aromatic N) is 2. The molecule has 22 heavy (non-hydrogen) atoms. The zero-order chi connectivity index (χ0) is 14.5. The summed E-state index contributed by atoms with van der Waals surface area (Å²) in [6.45, 7) is 0. The van der Waals surface area contributed by atoms with Gasteiger partial charge in [0.1, 0.15) is 0 Å². The molecule has 2 aromatic carbocycles. The Labute approximate surface area is 170 Å². The molecule has 0 saturated carbocycles. The molecule has 0 aromatic heterocycles. The van der Waals surface area contributed by atoms with Crippen LogP contribution in [-0.4, -0.2) is 11.9 Å². The standard InChI is InChI=1S/C14H10N2O4.2Na/c17-13(18)9-1-5-11(6-2-9)15-16-12-7-3-10(4-8-12)14(19)20;;/h1-8H,(H,17,18)(H,19,20);;/q;2*+1/p-2. The van der Waals surface area contributed by atoms with Crippen LogP contribution in [0.15, 0.2) is 58.8 Å². The predicted octanol–water partition coefficient (Wildman–Crippen LogP) is -5.16. The average Bonchev–Trinajstić information content (AvgIpc) is 2.46. The molecule has 0 aliphatic rings. The third-order valence-corrected chi connectivity index (χ3v) is 2.49. The number of carboxylic acids is 2. The summed E-state index contributed by atoms with van der Waals surface area (Å²) < 4.78 is 0. The van der Waals surface area contributed by atoms with E-state index < -0.39 is 11.9 Å². The molecule has 0 amide bonds. The summed E-state index contributed by atoms with van der Waals surface area (Å²) in [5.41, 5.74) is 1.06. The average molecular weight is 314 g/mol. The van der Waals surface area contributed by atoms with Crippen LogP contribution in [0.25, 0.3) is 0 Å². The maximum Gasteiger partial charge on any atom is 1.00 e. The summed E-state index contributed by atoms with van der Waals surface area (Å²) in [5, 5.41) is 28.9. The second-order valence-corrected chi connectivity index (χ2v) is 3.87. The van der Waals surface area contributed by atoms with Crippen LogP contribution in [0.4, 0.5) is 11.4 Å². The zero-order valence-electron chi connectivity index (χ0n) is 12.1. The number of carbonyl (C=O) groups excluding carboxylic acids is 2. The molecule has 0 N–H and O–H groups in total. The first-order valence-corrected chi connectivity index (χ1v) is 5.61. The first-order valence-electron chi connectivity index (χ1n) is 5.61. The van der Waals surface area contributed by atoms with Gasteiger partial charge in [-0.2, -0.15) is 10.2 Å².